The molecule has 6 aromatic heterocycles. The number of fused-ring (bicyclic) bond motifs is 3. The molecule has 2 unspecified atom stereocenters. The summed E-state index contributed by atoms with van der Waals surface area (Å²) in [7, 11) is 0. The highest BCUT2D eigenvalue weighted by molar-refractivity contribution is 7.31. The summed E-state index contributed by atoms with van der Waals surface area (Å²) in [5.74, 6) is 2.96. The van der Waals surface area contributed by atoms with Gasteiger partial charge in [-0.15, -0.1) is 45.3 Å². The lowest BCUT2D eigenvalue weighted by atomic mass is 9.94. The Bertz CT molecular complexity index is 3370. The summed E-state index contributed by atoms with van der Waals surface area (Å²) in [6.45, 7) is 15.1. The van der Waals surface area contributed by atoms with Crippen LogP contribution in [0.15, 0.2) is 84.9 Å². The second-order valence-electron chi connectivity index (χ2n) is 25.1. The lowest BCUT2D eigenvalue weighted by Gasteiger charge is -2.19. The Morgan fingerprint density at radius 2 is 0.724 bits per heavy atom. The van der Waals surface area contributed by atoms with E-state index in [4.69, 9.17) is 28.2 Å². The van der Waals surface area contributed by atoms with Crippen molar-refractivity contribution in [3.05, 3.63) is 94.7 Å². The van der Waals surface area contributed by atoms with Gasteiger partial charge in [0, 0.05) is 60.9 Å². The van der Waals surface area contributed by atoms with Crippen LogP contribution in [0.5, 0.6) is 11.5 Å². The Kier molecular flexibility index (Phi) is 28.0. The number of hydrogen-bond acceptors (Lipinski definition) is 11. The van der Waals surface area contributed by atoms with Gasteiger partial charge < -0.3 is 9.47 Å². The molecule has 0 N–H and O–H groups in total. The molecule has 9 rings (SSSR count). The van der Waals surface area contributed by atoms with E-state index >= 15 is 0 Å². The normalized spacial score (nSPS) is 12.6. The lowest BCUT2D eigenvalue weighted by Crippen LogP contribution is -2.12. The van der Waals surface area contributed by atoms with Crippen LogP contribution in [0.1, 0.15) is 243 Å². The molecule has 0 bridgehead atoms. The maximum atomic E-state index is 6.79. The van der Waals surface area contributed by atoms with Crippen molar-refractivity contribution in [2.75, 3.05) is 13.2 Å². The van der Waals surface area contributed by atoms with Crippen LogP contribution in [0.25, 0.3) is 84.6 Å². The molecule has 0 saturated carbocycles. The van der Waals surface area contributed by atoms with E-state index in [-0.39, 0.29) is 0 Å². The summed E-state index contributed by atoms with van der Waals surface area (Å²) in [6.07, 6.45) is 42.5. The number of hydrogen-bond donors (Lipinski definition) is 0. The molecule has 11 heteroatoms. The second-order valence-corrected chi connectivity index (χ2v) is 30.4. The van der Waals surface area contributed by atoms with Crippen LogP contribution < -0.4 is 9.47 Å². The molecule has 87 heavy (non-hydrogen) atoms. The minimum atomic E-state index is 0.567. The predicted octanol–water partition coefficient (Wildman–Crippen LogP) is 26.5. The molecule has 0 aliphatic rings. The number of unbranched alkanes of at least 4 members (excludes halogenated alkanes) is 24. The van der Waals surface area contributed by atoms with Crippen molar-refractivity contribution in [2.24, 2.45) is 11.8 Å². The third kappa shape index (κ3) is 19.7. The Hall–Kier alpha value is -4.52. The monoisotopic (exact) mass is 1260 g/mol. The molecular formula is C76H102N4O2S5. The Morgan fingerprint density at radius 3 is 1.13 bits per heavy atom. The summed E-state index contributed by atoms with van der Waals surface area (Å²) in [5, 5.41) is 0. The Labute approximate surface area is 544 Å². The highest BCUT2D eigenvalue weighted by Crippen LogP contribution is 2.49. The average Bonchev–Trinajstić information content (AvgIpc) is 1.82. The molecule has 0 fully saturated rings. The number of rotatable bonds is 43. The fourth-order valence-electron chi connectivity index (χ4n) is 12.7. The third-order valence-corrected chi connectivity index (χ3v) is 22.9. The minimum Gasteiger partial charge on any atom is -0.493 e. The van der Waals surface area contributed by atoms with Crippen LogP contribution in [0, 0.1) is 25.7 Å². The molecular weight excluding hydrogens is 1160 g/mol. The summed E-state index contributed by atoms with van der Waals surface area (Å²) in [5.41, 5.74) is 9.13. The van der Waals surface area contributed by atoms with Gasteiger partial charge in [-0.25, -0.2) is 9.97 Å². The van der Waals surface area contributed by atoms with Gasteiger partial charge in [0.15, 0.2) is 0 Å². The van der Waals surface area contributed by atoms with Gasteiger partial charge in [-0.3, -0.25) is 0 Å². The van der Waals surface area contributed by atoms with Crippen molar-refractivity contribution in [3.63, 3.8) is 0 Å². The minimum absolute atomic E-state index is 0.567. The van der Waals surface area contributed by atoms with Crippen LogP contribution in [0.2, 0.25) is 0 Å². The molecule has 0 spiro atoms. The molecule has 9 aromatic rings. The molecule has 2 atom stereocenters. The second kappa shape index (κ2) is 36.4. The summed E-state index contributed by atoms with van der Waals surface area (Å²) < 4.78 is 26.5. The number of nitrogens with zero attached hydrogens (tertiary/aromatic N) is 4. The molecule has 0 amide bonds. The smallest absolute Gasteiger partial charge is 0.119 e. The van der Waals surface area contributed by atoms with E-state index in [1.165, 1.54) is 246 Å². The summed E-state index contributed by atoms with van der Waals surface area (Å²) >= 11 is 8.62. The SMILES string of the molecule is CCCCCCCCCCC(CCCCCCCC)COc1ccc(-c2nc3c(-c4ccc(C)s4)c4nsnc4c(-c4ccc(-c5cc6sc(C)cc6s5)s4)c3nc2-c2ccc(OCC(CCCCCCCC)CCCCCCCCCC)cc2)cc1. The van der Waals surface area contributed by atoms with Crippen molar-refractivity contribution in [3.8, 4) is 64.6 Å². The third-order valence-electron chi connectivity index (χ3n) is 17.8. The molecule has 0 aliphatic carbocycles. The van der Waals surface area contributed by atoms with Crippen molar-refractivity contribution in [1.29, 1.82) is 0 Å². The van der Waals surface area contributed by atoms with E-state index in [0.717, 1.165) is 90.2 Å². The highest BCUT2D eigenvalue weighted by Gasteiger charge is 2.27. The van der Waals surface area contributed by atoms with Gasteiger partial charge in [0.05, 0.1) is 36.3 Å². The van der Waals surface area contributed by atoms with Crippen LogP contribution in [0.3, 0.4) is 0 Å². The van der Waals surface area contributed by atoms with Crippen molar-refractivity contribution < 1.29 is 9.47 Å². The summed E-state index contributed by atoms with van der Waals surface area (Å²) in [4.78, 5) is 19.1. The number of aryl methyl sites for hydroxylation is 2. The zero-order valence-corrected chi connectivity index (χ0v) is 58.0. The van der Waals surface area contributed by atoms with Crippen LogP contribution in [-0.2, 0) is 0 Å². The number of aromatic nitrogens is 4. The van der Waals surface area contributed by atoms with E-state index in [9.17, 15) is 0 Å². The lowest BCUT2D eigenvalue weighted by molar-refractivity contribution is 0.224. The first kappa shape index (κ1) is 66.9. The molecule has 0 aliphatic heterocycles. The van der Waals surface area contributed by atoms with Gasteiger partial charge in [-0.2, -0.15) is 8.75 Å². The van der Waals surface area contributed by atoms with E-state index in [1.807, 2.05) is 34.0 Å². The van der Waals surface area contributed by atoms with Gasteiger partial charge in [0.2, 0.25) is 0 Å². The highest BCUT2D eigenvalue weighted by atomic mass is 32.1. The van der Waals surface area contributed by atoms with Crippen LogP contribution >= 0.6 is 57.1 Å². The summed E-state index contributed by atoms with van der Waals surface area (Å²) in [6, 6.07) is 31.2. The molecule has 468 valence electrons. The Balaban J connectivity index is 1.03. The number of thiophene rings is 4. The predicted molar refractivity (Wildman–Crippen MR) is 385 cm³/mol. The first-order valence-electron chi connectivity index (χ1n) is 34.5. The van der Waals surface area contributed by atoms with Gasteiger partial charge >= 0.3 is 0 Å². The van der Waals surface area contributed by atoms with Crippen molar-refractivity contribution in [2.45, 2.75) is 247 Å². The van der Waals surface area contributed by atoms with E-state index in [2.05, 4.69) is 126 Å². The number of benzene rings is 3. The fraction of sp³-hybridized carbons (Fsp3) is 0.553. The van der Waals surface area contributed by atoms with Crippen LogP contribution in [0.4, 0.5) is 0 Å². The Morgan fingerprint density at radius 1 is 0.345 bits per heavy atom. The quantitative estimate of drug-likeness (QED) is 0.0355. The zero-order chi connectivity index (χ0) is 60.4. The maximum absolute atomic E-state index is 6.79. The average molecular weight is 1260 g/mol. The molecule has 0 radical (unpaired) electrons. The van der Waals surface area contributed by atoms with Crippen LogP contribution in [-0.4, -0.2) is 31.9 Å². The molecule has 6 nitrogen and oxygen atoms in total. The molecule has 3 aromatic carbocycles. The van der Waals surface area contributed by atoms with Gasteiger partial charge in [0.25, 0.3) is 0 Å². The number of ether oxygens (including phenoxy) is 2. The maximum Gasteiger partial charge on any atom is 0.119 e. The topological polar surface area (TPSA) is 70.0 Å². The van der Waals surface area contributed by atoms with Crippen molar-refractivity contribution in [1.82, 2.24) is 18.7 Å². The van der Waals surface area contributed by atoms with Crippen molar-refractivity contribution >= 4 is 88.5 Å². The van der Waals surface area contributed by atoms with Gasteiger partial charge in [0.1, 0.15) is 33.6 Å². The standard InChI is InChI=1S/C76H102N4O2S5/c1-7-11-15-19-23-25-29-33-37-57(35-31-27-21-17-13-9-3)53-81-61-44-40-59(41-45-61)71-72(60-42-46-62(47-43-60)82-54-58(36-32-28-22-18-14-10-4)38-34-30-26-24-20-16-12-8-2)78-74-70(65-50-49-63(85-65)67-52-68-66(86-67)51-56(6)84-68)76-75(79-87-80-76)69(73(74)77-71)64-48-39-55(5)83-64/h39-52,57-58H,7-38,53-54H2,1-6H3. The van der Waals surface area contributed by atoms with Gasteiger partial charge in [-0.1, -0.05) is 207 Å². The first-order valence-corrected chi connectivity index (χ1v) is 38.5. The van der Waals surface area contributed by atoms with E-state index in [0.29, 0.717) is 11.8 Å². The first-order chi connectivity index (χ1) is 42.8. The van der Waals surface area contributed by atoms with E-state index in [1.54, 1.807) is 11.3 Å². The van der Waals surface area contributed by atoms with E-state index < -0.39 is 0 Å². The molecule has 0 saturated heterocycles. The fourth-order valence-corrected chi connectivity index (χ4v) is 17.6. The van der Waals surface area contributed by atoms with Gasteiger partial charge in [-0.05, 0) is 136 Å². The largest absolute Gasteiger partial charge is 0.493 e. The zero-order valence-electron chi connectivity index (χ0n) is 53.9. The molecule has 6 heterocycles.